The summed E-state index contributed by atoms with van der Waals surface area (Å²) in [5, 5.41) is 10.1. The van der Waals surface area contributed by atoms with Crippen LogP contribution in [-0.4, -0.2) is 27.6 Å². The molecule has 7 nitrogen and oxygen atoms in total. The molecule has 3 aromatic heterocycles. The van der Waals surface area contributed by atoms with Crippen LogP contribution in [0, 0.1) is 0 Å². The van der Waals surface area contributed by atoms with E-state index in [2.05, 4.69) is 25.8 Å². The second kappa shape index (κ2) is 7.12. The standard InChI is InChI=1S/C17H17N5O2S/c23-17(14-7-6-13(25-14)11-5-3-9-18-11)20-10-15-21-16(22-24-15)12-4-1-2-8-19-12/h1-2,4,6-8,11,18H,3,5,9-10H2,(H,20,23). The van der Waals surface area contributed by atoms with Crippen molar-refractivity contribution in [2.24, 2.45) is 0 Å². The number of carbonyl (C=O) groups is 1. The first-order chi connectivity index (χ1) is 12.3. The third kappa shape index (κ3) is 3.59. The Kier molecular flexibility index (Phi) is 4.53. The van der Waals surface area contributed by atoms with E-state index in [0.717, 1.165) is 13.0 Å². The van der Waals surface area contributed by atoms with Gasteiger partial charge in [0, 0.05) is 17.1 Å². The molecule has 1 saturated heterocycles. The van der Waals surface area contributed by atoms with Crippen LogP contribution in [0.3, 0.4) is 0 Å². The van der Waals surface area contributed by atoms with Crippen molar-refractivity contribution in [3.63, 3.8) is 0 Å². The SMILES string of the molecule is O=C(NCc1nc(-c2ccccn2)no1)c1ccc(C2CCCN2)s1. The zero-order valence-corrected chi connectivity index (χ0v) is 14.3. The number of nitrogens with one attached hydrogen (secondary N) is 2. The molecular weight excluding hydrogens is 338 g/mol. The normalized spacial score (nSPS) is 16.9. The molecule has 1 aliphatic heterocycles. The van der Waals surface area contributed by atoms with Crippen molar-refractivity contribution in [1.82, 2.24) is 25.8 Å². The van der Waals surface area contributed by atoms with Crippen LogP contribution >= 0.6 is 11.3 Å². The van der Waals surface area contributed by atoms with E-state index in [4.69, 9.17) is 4.52 Å². The van der Waals surface area contributed by atoms with E-state index in [1.54, 1.807) is 12.3 Å². The fraction of sp³-hybridized carbons (Fsp3) is 0.294. The molecule has 1 aliphatic rings. The van der Waals surface area contributed by atoms with Crippen LogP contribution in [-0.2, 0) is 6.54 Å². The van der Waals surface area contributed by atoms with Crippen LogP contribution in [0.2, 0.25) is 0 Å². The second-order valence-electron chi connectivity index (χ2n) is 5.76. The lowest BCUT2D eigenvalue weighted by Crippen LogP contribution is -2.22. The van der Waals surface area contributed by atoms with Gasteiger partial charge in [-0.05, 0) is 43.7 Å². The van der Waals surface area contributed by atoms with Crippen molar-refractivity contribution in [2.75, 3.05) is 6.54 Å². The van der Waals surface area contributed by atoms with Crippen molar-refractivity contribution < 1.29 is 9.32 Å². The molecular formula is C17H17N5O2S. The zero-order valence-electron chi connectivity index (χ0n) is 13.4. The molecule has 1 unspecified atom stereocenters. The second-order valence-corrected chi connectivity index (χ2v) is 6.88. The van der Waals surface area contributed by atoms with Gasteiger partial charge in [-0.25, -0.2) is 0 Å². The molecule has 0 radical (unpaired) electrons. The highest BCUT2D eigenvalue weighted by molar-refractivity contribution is 7.14. The van der Waals surface area contributed by atoms with Gasteiger partial charge in [0.25, 0.3) is 5.91 Å². The molecule has 8 heteroatoms. The minimum atomic E-state index is -0.133. The maximum atomic E-state index is 12.3. The average molecular weight is 355 g/mol. The first-order valence-corrected chi connectivity index (χ1v) is 8.96. The van der Waals surface area contributed by atoms with Gasteiger partial charge in [-0.3, -0.25) is 9.78 Å². The zero-order chi connectivity index (χ0) is 17.1. The lowest BCUT2D eigenvalue weighted by molar-refractivity contribution is 0.0950. The first-order valence-electron chi connectivity index (χ1n) is 8.15. The number of pyridine rings is 1. The number of thiophene rings is 1. The first kappa shape index (κ1) is 15.9. The van der Waals surface area contributed by atoms with Crippen molar-refractivity contribution in [1.29, 1.82) is 0 Å². The Morgan fingerprint density at radius 1 is 1.36 bits per heavy atom. The van der Waals surface area contributed by atoms with Crippen LogP contribution < -0.4 is 10.6 Å². The lowest BCUT2D eigenvalue weighted by Gasteiger charge is -2.05. The Morgan fingerprint density at radius 2 is 2.32 bits per heavy atom. The number of rotatable bonds is 5. The number of hydrogen-bond donors (Lipinski definition) is 2. The molecule has 4 rings (SSSR count). The molecule has 0 bridgehead atoms. The third-order valence-electron chi connectivity index (χ3n) is 4.02. The quantitative estimate of drug-likeness (QED) is 0.731. The van der Waals surface area contributed by atoms with Gasteiger partial charge >= 0.3 is 0 Å². The summed E-state index contributed by atoms with van der Waals surface area (Å²) in [6.07, 6.45) is 3.97. The third-order valence-corrected chi connectivity index (χ3v) is 5.21. The molecule has 0 spiro atoms. The highest BCUT2D eigenvalue weighted by atomic mass is 32.1. The summed E-state index contributed by atoms with van der Waals surface area (Å²) in [4.78, 5) is 22.6. The summed E-state index contributed by atoms with van der Waals surface area (Å²) >= 11 is 1.52. The van der Waals surface area contributed by atoms with Gasteiger partial charge in [0.1, 0.15) is 5.69 Å². The molecule has 0 aliphatic carbocycles. The van der Waals surface area contributed by atoms with Gasteiger partial charge in [0.2, 0.25) is 11.7 Å². The summed E-state index contributed by atoms with van der Waals surface area (Å²) in [6, 6.07) is 9.74. The monoisotopic (exact) mass is 355 g/mol. The largest absolute Gasteiger partial charge is 0.342 e. The van der Waals surface area contributed by atoms with E-state index >= 15 is 0 Å². The van der Waals surface area contributed by atoms with Crippen LogP contribution in [0.25, 0.3) is 11.5 Å². The molecule has 2 N–H and O–H groups in total. The fourth-order valence-corrected chi connectivity index (χ4v) is 3.79. The Bertz CT molecular complexity index is 855. The lowest BCUT2D eigenvalue weighted by atomic mass is 10.2. The number of carbonyl (C=O) groups excluding carboxylic acids is 1. The molecule has 0 saturated carbocycles. The van der Waals surface area contributed by atoms with E-state index in [0.29, 0.717) is 28.3 Å². The molecule has 1 atom stereocenters. The van der Waals surface area contributed by atoms with Gasteiger partial charge in [-0.2, -0.15) is 4.98 Å². The summed E-state index contributed by atoms with van der Waals surface area (Å²) in [7, 11) is 0. The Morgan fingerprint density at radius 3 is 3.12 bits per heavy atom. The van der Waals surface area contributed by atoms with Crippen molar-refractivity contribution in [3.05, 3.63) is 52.2 Å². The van der Waals surface area contributed by atoms with Gasteiger partial charge in [0.15, 0.2) is 0 Å². The molecule has 25 heavy (non-hydrogen) atoms. The molecule has 1 amide bonds. The van der Waals surface area contributed by atoms with E-state index < -0.39 is 0 Å². The highest BCUT2D eigenvalue weighted by Gasteiger charge is 2.20. The Hall–Kier alpha value is -2.58. The van der Waals surface area contributed by atoms with Gasteiger partial charge in [0.05, 0.1) is 11.4 Å². The van der Waals surface area contributed by atoms with E-state index in [9.17, 15) is 4.79 Å². The summed E-state index contributed by atoms with van der Waals surface area (Å²) in [5.41, 5.74) is 0.635. The van der Waals surface area contributed by atoms with E-state index in [1.807, 2.05) is 24.3 Å². The summed E-state index contributed by atoms with van der Waals surface area (Å²) in [6.45, 7) is 1.23. The predicted molar refractivity (Wildman–Crippen MR) is 93.0 cm³/mol. The topological polar surface area (TPSA) is 92.9 Å². The van der Waals surface area contributed by atoms with Gasteiger partial charge < -0.3 is 15.2 Å². The molecule has 0 aromatic carbocycles. The summed E-state index contributed by atoms with van der Waals surface area (Å²) < 4.78 is 5.17. The van der Waals surface area contributed by atoms with Crippen molar-refractivity contribution in [2.45, 2.75) is 25.4 Å². The molecule has 4 heterocycles. The maximum absolute atomic E-state index is 12.3. The van der Waals surface area contributed by atoms with E-state index in [-0.39, 0.29) is 12.5 Å². The minimum absolute atomic E-state index is 0.133. The van der Waals surface area contributed by atoms with Crippen molar-refractivity contribution in [3.8, 4) is 11.5 Å². The van der Waals surface area contributed by atoms with Gasteiger partial charge in [-0.15, -0.1) is 11.3 Å². The van der Waals surface area contributed by atoms with Crippen molar-refractivity contribution >= 4 is 17.2 Å². The number of aromatic nitrogens is 3. The average Bonchev–Trinajstić information content (AvgIpc) is 3.41. The van der Waals surface area contributed by atoms with Crippen LogP contribution in [0.1, 0.15) is 39.3 Å². The number of amides is 1. The highest BCUT2D eigenvalue weighted by Crippen LogP contribution is 2.29. The number of nitrogens with zero attached hydrogens (tertiary/aromatic N) is 3. The molecule has 1 fully saturated rings. The predicted octanol–water partition coefficient (Wildman–Crippen LogP) is 2.55. The van der Waals surface area contributed by atoms with Crippen LogP contribution in [0.4, 0.5) is 0 Å². The molecule has 3 aromatic rings. The maximum Gasteiger partial charge on any atom is 0.261 e. The van der Waals surface area contributed by atoms with Crippen LogP contribution in [0.5, 0.6) is 0 Å². The van der Waals surface area contributed by atoms with Gasteiger partial charge in [-0.1, -0.05) is 11.2 Å². The Labute approximate surface area is 148 Å². The summed E-state index contributed by atoms with van der Waals surface area (Å²) in [5.74, 6) is 0.630. The molecule has 128 valence electrons. The van der Waals surface area contributed by atoms with Crippen LogP contribution in [0.15, 0.2) is 41.1 Å². The minimum Gasteiger partial charge on any atom is -0.342 e. The Balaban J connectivity index is 1.37. The fourth-order valence-electron chi connectivity index (χ4n) is 2.76. The smallest absolute Gasteiger partial charge is 0.261 e. The number of hydrogen-bond acceptors (Lipinski definition) is 7. The van der Waals surface area contributed by atoms with E-state index in [1.165, 1.54) is 22.6 Å².